The predicted molar refractivity (Wildman–Crippen MR) is 55.5 cm³/mol. The Kier molecular flexibility index (Phi) is 5.82. The van der Waals surface area contributed by atoms with E-state index in [0.717, 1.165) is 0 Å². The van der Waals surface area contributed by atoms with E-state index in [0.29, 0.717) is 0 Å². The molecular formula is C11H18O4. The Morgan fingerprint density at radius 3 is 2.07 bits per heavy atom. The van der Waals surface area contributed by atoms with E-state index >= 15 is 0 Å². The molecular weight excluding hydrogens is 196 g/mol. The first-order chi connectivity index (χ1) is 6.84. The fraction of sp³-hybridized carbons (Fsp3) is 0.727. The zero-order valence-electron chi connectivity index (χ0n) is 9.45. The number of carboxylic acid groups (broad SMARTS) is 1. The number of Topliss-reactive ketones (excluding diaryl/α,β-unsaturated/α-hetero) is 2. The van der Waals surface area contributed by atoms with Gasteiger partial charge in [-0.15, -0.1) is 0 Å². The van der Waals surface area contributed by atoms with Gasteiger partial charge in [-0.2, -0.15) is 0 Å². The van der Waals surface area contributed by atoms with Crippen LogP contribution in [0.1, 0.15) is 40.0 Å². The molecule has 0 heterocycles. The second-order valence-corrected chi connectivity index (χ2v) is 4.10. The van der Waals surface area contributed by atoms with Crippen LogP contribution in [0.15, 0.2) is 0 Å². The molecule has 0 unspecified atom stereocenters. The normalized spacial score (nSPS) is 12.5. The van der Waals surface area contributed by atoms with Crippen LogP contribution in [0.2, 0.25) is 0 Å². The molecule has 0 aromatic heterocycles. The first-order valence-electron chi connectivity index (χ1n) is 5.09. The highest BCUT2D eigenvalue weighted by Gasteiger charge is 2.21. The quantitative estimate of drug-likeness (QED) is 0.699. The van der Waals surface area contributed by atoms with Crippen LogP contribution in [0.3, 0.4) is 0 Å². The molecule has 0 aliphatic carbocycles. The van der Waals surface area contributed by atoms with Crippen molar-refractivity contribution < 1.29 is 19.5 Å². The molecule has 0 aliphatic rings. The average Bonchev–Trinajstić information content (AvgIpc) is 2.10. The SMILES string of the molecule is CC(=O)C[C@@H](CCC(=O)C(C)C)C(=O)O. The van der Waals surface area contributed by atoms with Gasteiger partial charge < -0.3 is 9.90 Å². The van der Waals surface area contributed by atoms with Crippen molar-refractivity contribution in [3.63, 3.8) is 0 Å². The van der Waals surface area contributed by atoms with Crippen molar-refractivity contribution in [1.82, 2.24) is 0 Å². The van der Waals surface area contributed by atoms with Crippen molar-refractivity contribution in [2.24, 2.45) is 11.8 Å². The largest absolute Gasteiger partial charge is 0.481 e. The summed E-state index contributed by atoms with van der Waals surface area (Å²) in [5, 5.41) is 8.81. The minimum absolute atomic E-state index is 0.0146. The van der Waals surface area contributed by atoms with E-state index in [2.05, 4.69) is 0 Å². The van der Waals surface area contributed by atoms with Crippen LogP contribution in [-0.2, 0) is 14.4 Å². The molecule has 0 radical (unpaired) electrons. The lowest BCUT2D eigenvalue weighted by Gasteiger charge is -2.10. The zero-order chi connectivity index (χ0) is 12.0. The van der Waals surface area contributed by atoms with Gasteiger partial charge in [0.25, 0.3) is 0 Å². The second-order valence-electron chi connectivity index (χ2n) is 4.10. The Labute approximate surface area is 89.7 Å². The minimum Gasteiger partial charge on any atom is -0.481 e. The standard InChI is InChI=1S/C11H18O4/c1-7(2)10(13)5-4-9(11(14)15)6-8(3)12/h7,9H,4-6H2,1-3H3,(H,14,15)/t9-/m1/s1. The van der Waals surface area contributed by atoms with Crippen LogP contribution in [0.25, 0.3) is 0 Å². The number of carbonyl (C=O) groups is 3. The smallest absolute Gasteiger partial charge is 0.306 e. The molecule has 4 heteroatoms. The molecule has 0 rings (SSSR count). The van der Waals surface area contributed by atoms with Crippen molar-refractivity contribution in [2.75, 3.05) is 0 Å². The molecule has 1 atom stereocenters. The summed E-state index contributed by atoms with van der Waals surface area (Å²) in [5.41, 5.74) is 0. The molecule has 0 aromatic carbocycles. The average molecular weight is 214 g/mol. The monoisotopic (exact) mass is 214 g/mol. The molecule has 1 N–H and O–H groups in total. The van der Waals surface area contributed by atoms with Gasteiger partial charge in [-0.25, -0.2) is 0 Å². The number of hydrogen-bond donors (Lipinski definition) is 1. The van der Waals surface area contributed by atoms with Crippen LogP contribution in [0, 0.1) is 11.8 Å². The van der Waals surface area contributed by atoms with Crippen LogP contribution < -0.4 is 0 Å². The second kappa shape index (κ2) is 6.32. The van der Waals surface area contributed by atoms with Crippen molar-refractivity contribution in [2.45, 2.75) is 40.0 Å². The highest BCUT2D eigenvalue weighted by Crippen LogP contribution is 2.14. The third kappa shape index (κ3) is 5.99. The molecule has 0 aliphatic heterocycles. The number of hydrogen-bond acceptors (Lipinski definition) is 3. The van der Waals surface area contributed by atoms with Gasteiger partial charge in [0.1, 0.15) is 11.6 Å². The predicted octanol–water partition coefficient (Wildman–Crippen LogP) is 1.67. The van der Waals surface area contributed by atoms with Crippen LogP contribution in [0.4, 0.5) is 0 Å². The van der Waals surface area contributed by atoms with E-state index in [1.807, 2.05) is 0 Å². The molecule has 0 spiro atoms. The zero-order valence-corrected chi connectivity index (χ0v) is 9.45. The van der Waals surface area contributed by atoms with Gasteiger partial charge in [0.2, 0.25) is 0 Å². The van der Waals surface area contributed by atoms with Crippen molar-refractivity contribution in [3.05, 3.63) is 0 Å². The summed E-state index contributed by atoms with van der Waals surface area (Å²) >= 11 is 0. The third-order valence-electron chi connectivity index (χ3n) is 2.27. The van der Waals surface area contributed by atoms with Gasteiger partial charge in [-0.3, -0.25) is 9.59 Å². The molecule has 15 heavy (non-hydrogen) atoms. The maximum atomic E-state index is 11.3. The van der Waals surface area contributed by atoms with E-state index in [4.69, 9.17) is 5.11 Å². The molecule has 0 fully saturated rings. The number of carboxylic acids is 1. The summed E-state index contributed by atoms with van der Waals surface area (Å²) in [6, 6.07) is 0. The molecule has 0 aromatic rings. The number of ketones is 2. The van der Waals surface area contributed by atoms with E-state index in [1.54, 1.807) is 13.8 Å². The Morgan fingerprint density at radius 1 is 1.20 bits per heavy atom. The van der Waals surface area contributed by atoms with E-state index in [9.17, 15) is 14.4 Å². The number of carbonyl (C=O) groups excluding carboxylic acids is 2. The van der Waals surface area contributed by atoms with Gasteiger partial charge in [0.05, 0.1) is 5.92 Å². The Bertz CT molecular complexity index is 255. The Balaban J connectivity index is 4.13. The lowest BCUT2D eigenvalue weighted by molar-refractivity contribution is -0.144. The topological polar surface area (TPSA) is 71.4 Å². The van der Waals surface area contributed by atoms with Crippen LogP contribution >= 0.6 is 0 Å². The van der Waals surface area contributed by atoms with E-state index in [-0.39, 0.29) is 36.7 Å². The van der Waals surface area contributed by atoms with Crippen molar-refractivity contribution in [1.29, 1.82) is 0 Å². The molecule has 0 saturated heterocycles. The number of aliphatic carboxylic acids is 1. The maximum Gasteiger partial charge on any atom is 0.306 e. The van der Waals surface area contributed by atoms with Crippen molar-refractivity contribution in [3.8, 4) is 0 Å². The Hall–Kier alpha value is -1.19. The summed E-state index contributed by atoms with van der Waals surface area (Å²) in [4.78, 5) is 32.8. The van der Waals surface area contributed by atoms with Gasteiger partial charge in [-0.1, -0.05) is 13.8 Å². The lowest BCUT2D eigenvalue weighted by Crippen LogP contribution is -2.19. The first kappa shape index (κ1) is 13.8. The summed E-state index contributed by atoms with van der Waals surface area (Å²) in [7, 11) is 0. The fourth-order valence-corrected chi connectivity index (χ4v) is 1.27. The van der Waals surface area contributed by atoms with Gasteiger partial charge in [-0.05, 0) is 13.3 Å². The molecule has 0 amide bonds. The Morgan fingerprint density at radius 2 is 1.73 bits per heavy atom. The third-order valence-corrected chi connectivity index (χ3v) is 2.27. The number of rotatable bonds is 7. The van der Waals surface area contributed by atoms with Crippen molar-refractivity contribution >= 4 is 17.5 Å². The van der Waals surface area contributed by atoms with E-state index in [1.165, 1.54) is 6.92 Å². The fourth-order valence-electron chi connectivity index (χ4n) is 1.27. The molecule has 0 saturated carbocycles. The lowest BCUT2D eigenvalue weighted by atomic mass is 9.94. The molecule has 0 bridgehead atoms. The minimum atomic E-state index is -0.998. The summed E-state index contributed by atoms with van der Waals surface area (Å²) < 4.78 is 0. The van der Waals surface area contributed by atoms with Crippen LogP contribution in [-0.4, -0.2) is 22.6 Å². The highest BCUT2D eigenvalue weighted by molar-refractivity contribution is 5.83. The summed E-state index contributed by atoms with van der Waals surface area (Å²) in [5.74, 6) is -1.90. The van der Waals surface area contributed by atoms with Gasteiger partial charge in [0.15, 0.2) is 0 Å². The van der Waals surface area contributed by atoms with Gasteiger partial charge >= 0.3 is 5.97 Å². The first-order valence-corrected chi connectivity index (χ1v) is 5.09. The summed E-state index contributed by atoms with van der Waals surface area (Å²) in [6.07, 6.45) is 0.508. The highest BCUT2D eigenvalue weighted by atomic mass is 16.4. The van der Waals surface area contributed by atoms with E-state index < -0.39 is 11.9 Å². The summed E-state index contributed by atoms with van der Waals surface area (Å²) in [6.45, 7) is 4.92. The van der Waals surface area contributed by atoms with Gasteiger partial charge in [0, 0.05) is 18.8 Å². The van der Waals surface area contributed by atoms with Crippen LogP contribution in [0.5, 0.6) is 0 Å². The molecule has 4 nitrogen and oxygen atoms in total. The molecule has 86 valence electrons. The maximum absolute atomic E-state index is 11.3.